The number of rotatable bonds is 32. The van der Waals surface area contributed by atoms with E-state index in [1.807, 2.05) is 6.92 Å². The van der Waals surface area contributed by atoms with Gasteiger partial charge in [0.2, 0.25) is 5.91 Å². The highest BCUT2D eigenvalue weighted by Gasteiger charge is 2.28. The van der Waals surface area contributed by atoms with Gasteiger partial charge in [-0.2, -0.15) is 0 Å². The Balaban J connectivity index is 3.89. The number of phosphoric acid groups is 1. The van der Waals surface area contributed by atoms with Crippen LogP contribution in [0.1, 0.15) is 117 Å². The number of allylic oxidation sites excluding steroid dienone is 12. The second kappa shape index (κ2) is 33.1. The molecule has 12 heteroatoms. The summed E-state index contributed by atoms with van der Waals surface area (Å²) < 4.78 is 26.4. The lowest BCUT2D eigenvalue weighted by atomic mass is 10.1. The zero-order valence-corrected chi connectivity index (χ0v) is 31.1. The van der Waals surface area contributed by atoms with Crippen molar-refractivity contribution in [3.05, 3.63) is 72.9 Å². The molecule has 284 valence electrons. The van der Waals surface area contributed by atoms with Crippen LogP contribution in [0.15, 0.2) is 72.9 Å². The molecule has 4 N–H and O–H groups in total. The number of phosphoric ester groups is 1. The quantitative estimate of drug-likeness (QED) is 0.0230. The fourth-order valence-electron chi connectivity index (χ4n) is 4.20. The number of esters is 1. The Morgan fingerprint density at radius 2 is 1.16 bits per heavy atom. The van der Waals surface area contributed by atoms with Gasteiger partial charge in [-0.3, -0.25) is 18.6 Å². The van der Waals surface area contributed by atoms with E-state index >= 15 is 0 Å². The maximum absolute atomic E-state index is 12.1. The van der Waals surface area contributed by atoms with Crippen LogP contribution in [0, 0.1) is 0 Å². The number of carboxylic acids is 1. The molecule has 0 aromatic carbocycles. The normalized spacial score (nSPS) is 14.8. The maximum Gasteiger partial charge on any atom is 0.472 e. The van der Waals surface area contributed by atoms with Crippen molar-refractivity contribution in [3.8, 4) is 0 Å². The van der Waals surface area contributed by atoms with Gasteiger partial charge in [-0.1, -0.05) is 112 Å². The van der Waals surface area contributed by atoms with E-state index in [-0.39, 0.29) is 12.8 Å². The molecule has 1 amide bonds. The average Bonchev–Trinajstić information content (AvgIpc) is 3.08. The van der Waals surface area contributed by atoms with Crippen molar-refractivity contribution in [2.45, 2.75) is 129 Å². The smallest absolute Gasteiger partial charge is 0.472 e. The number of carboxylic acid groups (broad SMARTS) is 1. The van der Waals surface area contributed by atoms with Gasteiger partial charge < -0.3 is 25.2 Å². The molecule has 3 unspecified atom stereocenters. The molecule has 0 aromatic rings. The summed E-state index contributed by atoms with van der Waals surface area (Å²) in [6.45, 7) is 2.17. The summed E-state index contributed by atoms with van der Waals surface area (Å²) in [4.78, 5) is 45.0. The van der Waals surface area contributed by atoms with Gasteiger partial charge >= 0.3 is 19.8 Å². The Hall–Kier alpha value is -3.08. The first-order valence-corrected chi connectivity index (χ1v) is 19.5. The highest BCUT2D eigenvalue weighted by atomic mass is 31.2. The summed E-state index contributed by atoms with van der Waals surface area (Å²) in [7, 11) is -4.74. The Morgan fingerprint density at radius 3 is 1.70 bits per heavy atom. The molecule has 0 heterocycles. The highest BCUT2D eigenvalue weighted by Crippen LogP contribution is 2.43. The van der Waals surface area contributed by atoms with Gasteiger partial charge in [0.15, 0.2) is 6.04 Å². The van der Waals surface area contributed by atoms with Crippen molar-refractivity contribution in [2.75, 3.05) is 19.8 Å². The van der Waals surface area contributed by atoms with Gasteiger partial charge in [-0.05, 0) is 64.2 Å². The first kappa shape index (κ1) is 46.9. The standard InChI is InChI=1S/C38H62NO10P/c1-3-5-7-8-9-10-11-12-13-14-15-16-17-18-19-20-21-22-23-24-25-26-28-30-37(42)47-31-34(40)32-48-50(45,46)49-33-35(38(43)44)39-36(41)29-27-6-4-2/h5,7,9-10,12-13,15-16,18-19,21-22,34-35,40H,3-4,6,8,11,14,17,20,23-33H2,1-2H3,(H,39,41)(H,43,44)(H,45,46)/b7-5-,10-9-,13-12-,16-15-,19-18-,22-21-. The van der Waals surface area contributed by atoms with E-state index in [2.05, 4.69) is 94.2 Å². The molecular formula is C38H62NO10P. The van der Waals surface area contributed by atoms with Gasteiger partial charge in [0.25, 0.3) is 0 Å². The third kappa shape index (κ3) is 32.1. The number of aliphatic hydroxyl groups is 1. The van der Waals surface area contributed by atoms with Crippen molar-refractivity contribution in [2.24, 2.45) is 0 Å². The summed E-state index contributed by atoms with van der Waals surface area (Å²) in [5.41, 5.74) is 0. The Kier molecular flexibility index (Phi) is 31.0. The first-order chi connectivity index (χ1) is 24.1. The SMILES string of the molecule is CC/C=C\C/C=C\C/C=C\C/C=C\C/C=C\C/C=C\CCCCCCC(=O)OCC(O)COP(=O)(O)OCC(NC(=O)CCCCC)C(=O)O. The van der Waals surface area contributed by atoms with Crippen LogP contribution in [0.25, 0.3) is 0 Å². The number of carbonyl (C=O) groups is 3. The van der Waals surface area contributed by atoms with Crippen molar-refractivity contribution in [1.82, 2.24) is 5.32 Å². The summed E-state index contributed by atoms with van der Waals surface area (Å²) in [6, 6.07) is -1.55. The third-order valence-corrected chi connectivity index (χ3v) is 7.96. The predicted octanol–water partition coefficient (Wildman–Crippen LogP) is 8.21. The van der Waals surface area contributed by atoms with Crippen molar-refractivity contribution < 1.29 is 47.8 Å². The van der Waals surface area contributed by atoms with Crippen molar-refractivity contribution in [1.29, 1.82) is 0 Å². The molecular weight excluding hydrogens is 661 g/mol. The Bertz CT molecular complexity index is 1130. The Morgan fingerprint density at radius 1 is 0.660 bits per heavy atom. The molecule has 0 fully saturated rings. The summed E-state index contributed by atoms with van der Waals surface area (Å²) in [5, 5.41) is 21.4. The summed E-state index contributed by atoms with van der Waals surface area (Å²) in [6.07, 6.45) is 37.7. The zero-order chi connectivity index (χ0) is 37.1. The molecule has 0 saturated heterocycles. The summed E-state index contributed by atoms with van der Waals surface area (Å²) in [5.74, 6) is -2.45. The lowest BCUT2D eigenvalue weighted by Gasteiger charge is -2.18. The number of ether oxygens (including phenoxy) is 1. The van der Waals surface area contributed by atoms with E-state index < -0.39 is 57.6 Å². The minimum Gasteiger partial charge on any atom is -0.480 e. The van der Waals surface area contributed by atoms with Crippen LogP contribution in [0.4, 0.5) is 0 Å². The molecule has 3 atom stereocenters. The van der Waals surface area contributed by atoms with Gasteiger partial charge in [-0.25, -0.2) is 9.36 Å². The first-order valence-electron chi connectivity index (χ1n) is 18.0. The topological polar surface area (TPSA) is 169 Å². The second-order valence-corrected chi connectivity index (χ2v) is 13.1. The van der Waals surface area contributed by atoms with E-state index in [1.165, 1.54) is 0 Å². The zero-order valence-electron chi connectivity index (χ0n) is 30.2. The van der Waals surface area contributed by atoms with Gasteiger partial charge in [0.05, 0.1) is 13.2 Å². The van der Waals surface area contributed by atoms with Crippen molar-refractivity contribution in [3.63, 3.8) is 0 Å². The van der Waals surface area contributed by atoms with E-state index in [9.17, 15) is 34.1 Å². The molecule has 0 rings (SSSR count). The van der Waals surface area contributed by atoms with E-state index in [0.29, 0.717) is 12.8 Å². The van der Waals surface area contributed by atoms with Crippen LogP contribution in [0.2, 0.25) is 0 Å². The summed E-state index contributed by atoms with van der Waals surface area (Å²) >= 11 is 0. The molecule has 50 heavy (non-hydrogen) atoms. The minimum atomic E-state index is -4.74. The number of unbranched alkanes of at least 4 members (excludes halogenated alkanes) is 6. The van der Waals surface area contributed by atoms with Gasteiger partial charge in [-0.15, -0.1) is 0 Å². The number of hydrogen-bond acceptors (Lipinski definition) is 8. The second-order valence-electron chi connectivity index (χ2n) is 11.7. The van der Waals surface area contributed by atoms with Gasteiger partial charge in [0.1, 0.15) is 12.7 Å². The number of aliphatic carboxylic acids is 1. The van der Waals surface area contributed by atoms with Crippen LogP contribution in [-0.4, -0.2) is 64.9 Å². The lowest BCUT2D eigenvalue weighted by Crippen LogP contribution is -2.43. The van der Waals surface area contributed by atoms with E-state index in [1.54, 1.807) is 0 Å². The number of carbonyl (C=O) groups excluding carboxylic acids is 2. The lowest BCUT2D eigenvalue weighted by molar-refractivity contribution is -0.147. The van der Waals surface area contributed by atoms with Crippen LogP contribution < -0.4 is 5.32 Å². The average molecular weight is 724 g/mol. The largest absolute Gasteiger partial charge is 0.480 e. The maximum atomic E-state index is 12.1. The minimum absolute atomic E-state index is 0.126. The predicted molar refractivity (Wildman–Crippen MR) is 198 cm³/mol. The number of aliphatic hydroxyl groups excluding tert-OH is 1. The molecule has 0 saturated carbocycles. The highest BCUT2D eigenvalue weighted by molar-refractivity contribution is 7.47. The molecule has 0 radical (unpaired) electrons. The number of nitrogens with one attached hydrogen (secondary N) is 1. The molecule has 0 aromatic heterocycles. The van der Waals surface area contributed by atoms with Gasteiger partial charge in [0, 0.05) is 12.8 Å². The molecule has 0 bridgehead atoms. The van der Waals surface area contributed by atoms with E-state index in [0.717, 1.165) is 77.0 Å². The van der Waals surface area contributed by atoms with Crippen LogP contribution in [0.3, 0.4) is 0 Å². The third-order valence-electron chi connectivity index (χ3n) is 7.01. The van der Waals surface area contributed by atoms with Crippen LogP contribution >= 0.6 is 7.82 Å². The van der Waals surface area contributed by atoms with Crippen LogP contribution in [-0.2, 0) is 32.7 Å². The van der Waals surface area contributed by atoms with E-state index in [4.69, 9.17) is 4.74 Å². The fourth-order valence-corrected chi connectivity index (χ4v) is 4.97. The molecule has 0 aliphatic carbocycles. The number of hydrogen-bond donors (Lipinski definition) is 4. The number of amides is 1. The molecule has 0 spiro atoms. The Labute approximate surface area is 299 Å². The molecule has 0 aliphatic rings. The molecule has 0 aliphatic heterocycles. The fraction of sp³-hybridized carbons (Fsp3) is 0.605. The molecule has 11 nitrogen and oxygen atoms in total. The monoisotopic (exact) mass is 723 g/mol. The van der Waals surface area contributed by atoms with Crippen LogP contribution in [0.5, 0.6) is 0 Å². The van der Waals surface area contributed by atoms with Crippen molar-refractivity contribution >= 4 is 25.7 Å².